The molecule has 1 aromatic heterocycles. The van der Waals surface area contributed by atoms with Gasteiger partial charge in [0.05, 0.1) is 11.1 Å². The van der Waals surface area contributed by atoms with Crippen LogP contribution in [0.15, 0.2) is 47.4 Å². The van der Waals surface area contributed by atoms with E-state index in [1.165, 1.54) is 12.1 Å². The van der Waals surface area contributed by atoms with Gasteiger partial charge in [0.15, 0.2) is 5.58 Å². The van der Waals surface area contributed by atoms with E-state index in [0.717, 1.165) is 0 Å². The van der Waals surface area contributed by atoms with E-state index in [-0.39, 0.29) is 28.8 Å². The Bertz CT molecular complexity index is 968. The van der Waals surface area contributed by atoms with Crippen LogP contribution < -0.4 is 5.73 Å². The molecule has 0 radical (unpaired) electrons. The molecule has 0 spiro atoms. The maximum Gasteiger partial charge on any atom is 0.416 e. The Balaban J connectivity index is 2.19. The molecule has 3 aromatic rings. The molecule has 2 N–H and O–H groups in total. The van der Waals surface area contributed by atoms with Gasteiger partial charge >= 0.3 is 12.4 Å². The molecule has 1 heterocycles. The van der Waals surface area contributed by atoms with Gasteiger partial charge in [-0.15, -0.1) is 0 Å². The SMILES string of the molecule is C=C(N)c1ccc2oc(-c3cc(C(F)(F)F)cc(C(F)(F)F)c3)nc2c1. The molecule has 26 heavy (non-hydrogen) atoms. The van der Waals surface area contributed by atoms with Crippen molar-refractivity contribution in [2.75, 3.05) is 0 Å². The zero-order valence-corrected chi connectivity index (χ0v) is 12.9. The zero-order valence-electron chi connectivity index (χ0n) is 12.9. The van der Waals surface area contributed by atoms with Gasteiger partial charge in [-0.25, -0.2) is 4.98 Å². The summed E-state index contributed by atoms with van der Waals surface area (Å²) >= 11 is 0. The number of oxazole rings is 1. The van der Waals surface area contributed by atoms with Gasteiger partial charge in [0.1, 0.15) is 5.52 Å². The van der Waals surface area contributed by atoms with E-state index in [9.17, 15) is 26.3 Å². The average molecular weight is 372 g/mol. The summed E-state index contributed by atoms with van der Waals surface area (Å²) in [6.45, 7) is 3.54. The van der Waals surface area contributed by atoms with Gasteiger partial charge in [-0.2, -0.15) is 26.3 Å². The van der Waals surface area contributed by atoms with E-state index >= 15 is 0 Å². The molecule has 0 aliphatic rings. The highest BCUT2D eigenvalue weighted by Gasteiger charge is 2.37. The quantitative estimate of drug-likeness (QED) is 0.608. The van der Waals surface area contributed by atoms with Crippen LogP contribution >= 0.6 is 0 Å². The van der Waals surface area contributed by atoms with E-state index in [2.05, 4.69) is 11.6 Å². The van der Waals surface area contributed by atoms with Gasteiger partial charge in [-0.1, -0.05) is 6.58 Å². The van der Waals surface area contributed by atoms with Crippen LogP contribution in [0, 0.1) is 0 Å². The third kappa shape index (κ3) is 3.37. The minimum absolute atomic E-state index is 0.0443. The molecule has 0 saturated heterocycles. The van der Waals surface area contributed by atoms with Crippen LogP contribution in [0.3, 0.4) is 0 Å². The van der Waals surface area contributed by atoms with Crippen LogP contribution in [0.5, 0.6) is 0 Å². The second-order valence-corrected chi connectivity index (χ2v) is 5.52. The van der Waals surface area contributed by atoms with Gasteiger partial charge in [0.2, 0.25) is 5.89 Å². The van der Waals surface area contributed by atoms with Crippen LogP contribution in [-0.4, -0.2) is 4.98 Å². The Morgan fingerprint density at radius 2 is 1.50 bits per heavy atom. The summed E-state index contributed by atoms with van der Waals surface area (Å²) in [5.41, 5.74) is 3.40. The number of hydrogen-bond donors (Lipinski definition) is 1. The van der Waals surface area contributed by atoms with E-state index in [4.69, 9.17) is 10.2 Å². The van der Waals surface area contributed by atoms with Crippen molar-refractivity contribution in [3.05, 3.63) is 59.7 Å². The van der Waals surface area contributed by atoms with Crippen molar-refractivity contribution >= 4 is 16.8 Å². The number of halogens is 6. The summed E-state index contributed by atoms with van der Waals surface area (Å²) in [6.07, 6.45) is -9.90. The summed E-state index contributed by atoms with van der Waals surface area (Å²) in [7, 11) is 0. The Morgan fingerprint density at radius 3 is 2.00 bits per heavy atom. The Hall–Kier alpha value is -2.97. The first kappa shape index (κ1) is 17.8. The van der Waals surface area contributed by atoms with Gasteiger partial charge in [0, 0.05) is 11.3 Å². The van der Waals surface area contributed by atoms with E-state index in [1.54, 1.807) is 6.07 Å². The number of benzene rings is 2. The molecule has 0 amide bonds. The van der Waals surface area contributed by atoms with Crippen molar-refractivity contribution in [1.82, 2.24) is 4.98 Å². The topological polar surface area (TPSA) is 52.0 Å². The summed E-state index contributed by atoms with van der Waals surface area (Å²) in [4.78, 5) is 3.97. The Kier molecular flexibility index (Phi) is 3.97. The first-order valence-electron chi connectivity index (χ1n) is 7.10. The third-order valence-corrected chi connectivity index (χ3v) is 3.59. The minimum Gasteiger partial charge on any atom is -0.436 e. The van der Waals surface area contributed by atoms with Gasteiger partial charge in [0.25, 0.3) is 0 Å². The van der Waals surface area contributed by atoms with Gasteiger partial charge < -0.3 is 10.2 Å². The average Bonchev–Trinajstić information content (AvgIpc) is 2.95. The van der Waals surface area contributed by atoms with Gasteiger partial charge in [-0.3, -0.25) is 0 Å². The Labute approximate surface area is 142 Å². The predicted molar refractivity (Wildman–Crippen MR) is 82.7 cm³/mol. The van der Waals surface area contributed by atoms with Gasteiger partial charge in [-0.05, 0) is 42.0 Å². The number of alkyl halides is 6. The molecule has 2 aromatic carbocycles. The number of nitrogens with two attached hydrogens (primary N) is 1. The molecule has 0 fully saturated rings. The standard InChI is InChI=1S/C17H10F6N2O/c1-8(24)9-2-3-14-13(6-9)25-15(26-14)10-4-11(16(18,19)20)7-12(5-10)17(21,22)23/h2-7H,1,24H2. The number of fused-ring (bicyclic) bond motifs is 1. The lowest BCUT2D eigenvalue weighted by atomic mass is 10.0. The lowest BCUT2D eigenvalue weighted by Crippen LogP contribution is -2.11. The van der Waals surface area contributed by atoms with Crippen LogP contribution in [-0.2, 0) is 12.4 Å². The van der Waals surface area contributed by atoms with E-state index in [1.807, 2.05) is 0 Å². The first-order chi connectivity index (χ1) is 11.9. The summed E-state index contributed by atoms with van der Waals surface area (Å²) in [6, 6.07) is 5.64. The maximum absolute atomic E-state index is 13.0. The van der Waals surface area contributed by atoms with Crippen LogP contribution in [0.25, 0.3) is 28.3 Å². The first-order valence-corrected chi connectivity index (χ1v) is 7.10. The fourth-order valence-corrected chi connectivity index (χ4v) is 2.33. The van der Waals surface area contributed by atoms with Crippen molar-refractivity contribution in [2.24, 2.45) is 5.73 Å². The fourth-order valence-electron chi connectivity index (χ4n) is 2.33. The monoisotopic (exact) mass is 372 g/mol. The molecule has 0 atom stereocenters. The zero-order chi connectivity index (χ0) is 19.3. The number of rotatable bonds is 2. The number of nitrogens with zero attached hydrogens (tertiary/aromatic N) is 1. The van der Waals surface area contributed by atoms with Crippen molar-refractivity contribution in [1.29, 1.82) is 0 Å². The van der Waals surface area contributed by atoms with Crippen molar-refractivity contribution < 1.29 is 30.8 Å². The molecular formula is C17H10F6N2O. The lowest BCUT2D eigenvalue weighted by Gasteiger charge is -2.12. The van der Waals surface area contributed by atoms with E-state index < -0.39 is 29.0 Å². The molecule has 0 aliphatic carbocycles. The summed E-state index contributed by atoms with van der Waals surface area (Å²) in [5, 5.41) is 0. The second-order valence-electron chi connectivity index (χ2n) is 5.52. The molecule has 0 saturated carbocycles. The Morgan fingerprint density at radius 1 is 0.923 bits per heavy atom. The highest BCUT2D eigenvalue weighted by Crippen LogP contribution is 2.39. The van der Waals surface area contributed by atoms with Crippen molar-refractivity contribution in [3.8, 4) is 11.5 Å². The maximum atomic E-state index is 13.0. The molecule has 9 heteroatoms. The van der Waals surface area contributed by atoms with E-state index in [0.29, 0.717) is 17.7 Å². The minimum atomic E-state index is -4.95. The van der Waals surface area contributed by atoms with Crippen molar-refractivity contribution in [2.45, 2.75) is 12.4 Å². The summed E-state index contributed by atoms with van der Waals surface area (Å²) < 4.78 is 83.0. The highest BCUT2D eigenvalue weighted by molar-refractivity contribution is 5.80. The largest absolute Gasteiger partial charge is 0.436 e. The second kappa shape index (κ2) is 5.79. The van der Waals surface area contributed by atoms with Crippen LogP contribution in [0.2, 0.25) is 0 Å². The highest BCUT2D eigenvalue weighted by atomic mass is 19.4. The molecule has 3 rings (SSSR count). The molecular weight excluding hydrogens is 362 g/mol. The smallest absolute Gasteiger partial charge is 0.416 e. The summed E-state index contributed by atoms with van der Waals surface area (Å²) in [5.74, 6) is -0.364. The third-order valence-electron chi connectivity index (χ3n) is 3.59. The normalized spacial score (nSPS) is 12.5. The van der Waals surface area contributed by atoms with Crippen LogP contribution in [0.1, 0.15) is 16.7 Å². The van der Waals surface area contributed by atoms with Crippen molar-refractivity contribution in [3.63, 3.8) is 0 Å². The molecule has 0 aliphatic heterocycles. The lowest BCUT2D eigenvalue weighted by molar-refractivity contribution is -0.143. The molecule has 0 bridgehead atoms. The number of aromatic nitrogens is 1. The molecule has 3 nitrogen and oxygen atoms in total. The molecule has 136 valence electrons. The van der Waals surface area contributed by atoms with Crippen LogP contribution in [0.4, 0.5) is 26.3 Å². The predicted octanol–water partition coefficient (Wildman–Crippen LogP) is 5.46. The fraction of sp³-hybridized carbons (Fsp3) is 0.118. The molecule has 0 unspecified atom stereocenters. The number of hydrogen-bond acceptors (Lipinski definition) is 3.